The Morgan fingerprint density at radius 1 is 1.50 bits per heavy atom. The molecule has 4 heteroatoms. The number of nitrogens with zero attached hydrogens (tertiary/aromatic N) is 1. The van der Waals surface area contributed by atoms with E-state index in [1.807, 2.05) is 4.90 Å². The Hall–Kier alpha value is -0.770. The van der Waals surface area contributed by atoms with Gasteiger partial charge in [-0.05, 0) is 19.3 Å². The summed E-state index contributed by atoms with van der Waals surface area (Å²) in [5.41, 5.74) is 5.66. The molecule has 0 unspecified atom stereocenters. The van der Waals surface area contributed by atoms with Gasteiger partial charge in [-0.3, -0.25) is 0 Å². The van der Waals surface area contributed by atoms with E-state index in [0.717, 1.165) is 32.4 Å². The lowest BCUT2D eigenvalue weighted by Gasteiger charge is -2.42. The molecule has 0 radical (unpaired) electrons. The Kier molecular flexibility index (Phi) is 1.92. The first kappa shape index (κ1) is 7.86. The van der Waals surface area contributed by atoms with Gasteiger partial charge in [0.05, 0.1) is 0 Å². The van der Waals surface area contributed by atoms with Gasteiger partial charge in [-0.25, -0.2) is 4.79 Å². The number of nitrogens with one attached hydrogen (secondary N) is 1. The van der Waals surface area contributed by atoms with E-state index in [4.69, 9.17) is 5.73 Å². The molecular formula is C8H15N3O. The SMILES string of the molecule is NC1CC(N2CCCNC2=O)C1. The second kappa shape index (κ2) is 2.94. The second-order valence-corrected chi connectivity index (χ2v) is 3.66. The van der Waals surface area contributed by atoms with Crippen LogP contribution in [0.4, 0.5) is 4.79 Å². The minimum Gasteiger partial charge on any atom is -0.338 e. The number of amides is 2. The highest BCUT2D eigenvalue weighted by Gasteiger charge is 2.34. The molecule has 1 heterocycles. The van der Waals surface area contributed by atoms with Gasteiger partial charge >= 0.3 is 6.03 Å². The van der Waals surface area contributed by atoms with Gasteiger partial charge in [0.15, 0.2) is 0 Å². The summed E-state index contributed by atoms with van der Waals surface area (Å²) < 4.78 is 0. The lowest BCUT2D eigenvalue weighted by molar-refractivity contribution is 0.115. The fourth-order valence-electron chi connectivity index (χ4n) is 1.88. The molecule has 4 nitrogen and oxygen atoms in total. The van der Waals surface area contributed by atoms with Crippen LogP contribution in [-0.4, -0.2) is 36.1 Å². The van der Waals surface area contributed by atoms with Crippen LogP contribution in [0.1, 0.15) is 19.3 Å². The molecule has 0 atom stereocenters. The molecule has 2 fully saturated rings. The fraction of sp³-hybridized carbons (Fsp3) is 0.875. The largest absolute Gasteiger partial charge is 0.338 e. The van der Waals surface area contributed by atoms with Crippen LogP contribution in [0.15, 0.2) is 0 Å². The maximum atomic E-state index is 11.3. The van der Waals surface area contributed by atoms with Crippen LogP contribution in [0.2, 0.25) is 0 Å². The summed E-state index contributed by atoms with van der Waals surface area (Å²) in [6.45, 7) is 1.73. The van der Waals surface area contributed by atoms with Crippen molar-refractivity contribution in [1.29, 1.82) is 0 Å². The highest BCUT2D eigenvalue weighted by atomic mass is 16.2. The van der Waals surface area contributed by atoms with Gasteiger partial charge in [0, 0.05) is 25.2 Å². The Labute approximate surface area is 72.1 Å². The first-order valence-corrected chi connectivity index (χ1v) is 4.57. The van der Waals surface area contributed by atoms with E-state index < -0.39 is 0 Å². The van der Waals surface area contributed by atoms with Crippen LogP contribution in [0.25, 0.3) is 0 Å². The quantitative estimate of drug-likeness (QED) is 0.575. The van der Waals surface area contributed by atoms with E-state index in [1.54, 1.807) is 0 Å². The molecule has 3 N–H and O–H groups in total. The van der Waals surface area contributed by atoms with E-state index in [9.17, 15) is 4.79 Å². The fourth-order valence-corrected chi connectivity index (χ4v) is 1.88. The predicted octanol–water partition coefficient (Wildman–Crippen LogP) is -0.109. The van der Waals surface area contributed by atoms with Crippen LogP contribution >= 0.6 is 0 Å². The Morgan fingerprint density at radius 3 is 2.83 bits per heavy atom. The zero-order chi connectivity index (χ0) is 8.55. The van der Waals surface area contributed by atoms with E-state index in [1.165, 1.54) is 0 Å². The lowest BCUT2D eigenvalue weighted by atomic mass is 9.86. The third-order valence-corrected chi connectivity index (χ3v) is 2.70. The molecule has 1 saturated heterocycles. The van der Waals surface area contributed by atoms with E-state index >= 15 is 0 Å². The highest BCUT2D eigenvalue weighted by molar-refractivity contribution is 5.75. The van der Waals surface area contributed by atoms with Crippen LogP contribution in [0.3, 0.4) is 0 Å². The molecule has 0 spiro atoms. The second-order valence-electron chi connectivity index (χ2n) is 3.66. The molecule has 2 rings (SSSR count). The molecule has 1 saturated carbocycles. The summed E-state index contributed by atoms with van der Waals surface area (Å²) in [6, 6.07) is 0.836. The average Bonchev–Trinajstić information content (AvgIpc) is 2.01. The molecule has 0 aromatic heterocycles. The highest BCUT2D eigenvalue weighted by Crippen LogP contribution is 2.24. The molecule has 12 heavy (non-hydrogen) atoms. The van der Waals surface area contributed by atoms with Gasteiger partial charge in [-0.15, -0.1) is 0 Å². The predicted molar refractivity (Wildman–Crippen MR) is 45.7 cm³/mol. The zero-order valence-corrected chi connectivity index (χ0v) is 7.12. The summed E-state index contributed by atoms with van der Waals surface area (Å²) >= 11 is 0. The first-order chi connectivity index (χ1) is 5.77. The van der Waals surface area contributed by atoms with Crippen LogP contribution < -0.4 is 11.1 Å². The van der Waals surface area contributed by atoms with Crippen molar-refractivity contribution in [3.63, 3.8) is 0 Å². The lowest BCUT2D eigenvalue weighted by Crippen LogP contribution is -2.58. The molecule has 0 bridgehead atoms. The molecule has 2 aliphatic rings. The topological polar surface area (TPSA) is 58.4 Å². The van der Waals surface area contributed by atoms with Crippen molar-refractivity contribution >= 4 is 6.03 Å². The third-order valence-electron chi connectivity index (χ3n) is 2.70. The van der Waals surface area contributed by atoms with Crippen molar-refractivity contribution in [2.75, 3.05) is 13.1 Å². The molecule has 2 amide bonds. The van der Waals surface area contributed by atoms with Gasteiger partial charge in [0.25, 0.3) is 0 Å². The number of carbonyl (C=O) groups excluding carboxylic acids is 1. The summed E-state index contributed by atoms with van der Waals surface area (Å²) in [6.07, 6.45) is 3.03. The summed E-state index contributed by atoms with van der Waals surface area (Å²) in [5.74, 6) is 0. The minimum atomic E-state index is 0.0955. The number of rotatable bonds is 1. The van der Waals surface area contributed by atoms with E-state index in [2.05, 4.69) is 5.32 Å². The summed E-state index contributed by atoms with van der Waals surface area (Å²) in [7, 11) is 0. The average molecular weight is 169 g/mol. The van der Waals surface area contributed by atoms with Crippen molar-refractivity contribution < 1.29 is 4.79 Å². The van der Waals surface area contributed by atoms with Crippen molar-refractivity contribution in [3.8, 4) is 0 Å². The number of carbonyl (C=O) groups is 1. The van der Waals surface area contributed by atoms with Crippen LogP contribution in [0.5, 0.6) is 0 Å². The van der Waals surface area contributed by atoms with Crippen molar-refractivity contribution in [2.45, 2.75) is 31.3 Å². The van der Waals surface area contributed by atoms with E-state index in [-0.39, 0.29) is 6.03 Å². The van der Waals surface area contributed by atoms with Gasteiger partial charge in [0.1, 0.15) is 0 Å². The summed E-state index contributed by atoms with van der Waals surface area (Å²) in [5, 5.41) is 2.84. The number of hydrogen-bond acceptors (Lipinski definition) is 2. The summed E-state index contributed by atoms with van der Waals surface area (Å²) in [4.78, 5) is 13.2. The van der Waals surface area contributed by atoms with Gasteiger partial charge < -0.3 is 16.0 Å². The maximum Gasteiger partial charge on any atom is 0.317 e. The zero-order valence-electron chi connectivity index (χ0n) is 7.12. The van der Waals surface area contributed by atoms with Crippen molar-refractivity contribution in [3.05, 3.63) is 0 Å². The molecule has 0 aromatic rings. The Morgan fingerprint density at radius 2 is 2.25 bits per heavy atom. The van der Waals surface area contributed by atoms with Crippen LogP contribution in [-0.2, 0) is 0 Å². The van der Waals surface area contributed by atoms with Crippen molar-refractivity contribution in [1.82, 2.24) is 10.2 Å². The molecule has 1 aliphatic heterocycles. The first-order valence-electron chi connectivity index (χ1n) is 4.57. The monoisotopic (exact) mass is 169 g/mol. The van der Waals surface area contributed by atoms with Gasteiger partial charge in [-0.1, -0.05) is 0 Å². The third kappa shape index (κ3) is 1.27. The normalized spacial score (nSPS) is 35.8. The number of hydrogen-bond donors (Lipinski definition) is 2. The number of nitrogens with two attached hydrogens (primary N) is 1. The minimum absolute atomic E-state index is 0.0955. The molecular weight excluding hydrogens is 154 g/mol. The number of urea groups is 1. The Bertz CT molecular complexity index is 189. The van der Waals surface area contributed by atoms with Crippen molar-refractivity contribution in [2.24, 2.45) is 5.73 Å². The maximum absolute atomic E-state index is 11.3. The standard InChI is InChI=1S/C8H15N3O/c9-6-4-7(5-6)11-3-1-2-10-8(11)12/h6-7H,1-5,9H2,(H,10,12). The van der Waals surface area contributed by atoms with Gasteiger partial charge in [0.2, 0.25) is 0 Å². The molecule has 0 aromatic carbocycles. The van der Waals surface area contributed by atoms with Gasteiger partial charge in [-0.2, -0.15) is 0 Å². The van der Waals surface area contributed by atoms with Crippen LogP contribution in [0, 0.1) is 0 Å². The molecule has 1 aliphatic carbocycles. The van der Waals surface area contributed by atoms with E-state index in [0.29, 0.717) is 12.1 Å². The smallest absolute Gasteiger partial charge is 0.317 e. The molecule has 68 valence electrons. The Balaban J connectivity index is 1.89.